The van der Waals surface area contributed by atoms with Gasteiger partial charge in [-0.25, -0.2) is 0 Å². The number of hydrogen-bond donors (Lipinski definition) is 0. The Labute approximate surface area is 71.0 Å². The van der Waals surface area contributed by atoms with Gasteiger partial charge in [0.1, 0.15) is 0 Å². The summed E-state index contributed by atoms with van der Waals surface area (Å²) in [4.78, 5) is 17.2. The molecular formula is C9H10N2O. The van der Waals surface area contributed by atoms with E-state index in [9.17, 15) is 4.79 Å². The molecule has 62 valence electrons. The molecule has 1 saturated heterocycles. The van der Waals surface area contributed by atoms with Crippen LogP contribution in [0.15, 0.2) is 24.5 Å². The van der Waals surface area contributed by atoms with Gasteiger partial charge in [0.25, 0.3) is 5.91 Å². The van der Waals surface area contributed by atoms with Crippen LogP contribution < -0.4 is 0 Å². The summed E-state index contributed by atoms with van der Waals surface area (Å²) >= 11 is 0. The number of pyridine rings is 1. The van der Waals surface area contributed by atoms with Crippen LogP contribution in [0.3, 0.4) is 0 Å². The molecule has 0 aromatic carbocycles. The van der Waals surface area contributed by atoms with E-state index >= 15 is 0 Å². The van der Waals surface area contributed by atoms with Crippen molar-refractivity contribution in [2.45, 2.75) is 13.0 Å². The predicted molar refractivity (Wildman–Crippen MR) is 44.7 cm³/mol. The minimum Gasteiger partial charge on any atom is -0.332 e. The minimum absolute atomic E-state index is 0.0931. The van der Waals surface area contributed by atoms with Crippen molar-refractivity contribution in [1.29, 1.82) is 0 Å². The average Bonchev–Trinajstić information content (AvgIpc) is 2.83. The monoisotopic (exact) mass is 162 g/mol. The van der Waals surface area contributed by atoms with Gasteiger partial charge in [0.05, 0.1) is 5.56 Å². The quantitative estimate of drug-likeness (QED) is 0.575. The summed E-state index contributed by atoms with van der Waals surface area (Å²) in [5, 5.41) is 0. The molecule has 2 rings (SSSR count). The SMILES string of the molecule is CC1CN1C(=O)c1cccnc1. The summed E-state index contributed by atoms with van der Waals surface area (Å²) in [5.41, 5.74) is 0.682. The van der Waals surface area contributed by atoms with Crippen molar-refractivity contribution in [3.05, 3.63) is 30.1 Å². The van der Waals surface area contributed by atoms with Crippen LogP contribution in [0.1, 0.15) is 17.3 Å². The standard InChI is InChI=1S/C9H10N2O/c1-7-6-11(7)9(12)8-3-2-4-10-5-8/h2-5,7H,6H2,1H3. The van der Waals surface area contributed by atoms with Gasteiger partial charge >= 0.3 is 0 Å². The molecule has 0 N–H and O–H groups in total. The number of aromatic nitrogens is 1. The summed E-state index contributed by atoms with van der Waals surface area (Å²) < 4.78 is 0. The lowest BCUT2D eigenvalue weighted by molar-refractivity contribution is 0.0876. The Balaban J connectivity index is 2.16. The second kappa shape index (κ2) is 2.59. The fraction of sp³-hybridized carbons (Fsp3) is 0.333. The average molecular weight is 162 g/mol. The topological polar surface area (TPSA) is 33.0 Å². The predicted octanol–water partition coefficient (Wildman–Crippen LogP) is 0.926. The molecule has 1 fully saturated rings. The summed E-state index contributed by atoms with van der Waals surface area (Å²) in [6.07, 6.45) is 3.27. The molecule has 1 aromatic heterocycles. The van der Waals surface area contributed by atoms with Crippen molar-refractivity contribution in [2.75, 3.05) is 6.54 Å². The summed E-state index contributed by atoms with van der Waals surface area (Å²) in [7, 11) is 0. The maximum Gasteiger partial charge on any atom is 0.255 e. The first-order chi connectivity index (χ1) is 5.79. The lowest BCUT2D eigenvalue weighted by Gasteiger charge is -2.00. The third-order valence-corrected chi connectivity index (χ3v) is 2.03. The molecule has 0 aliphatic carbocycles. The molecule has 0 saturated carbocycles. The summed E-state index contributed by atoms with van der Waals surface area (Å²) in [6, 6.07) is 3.99. The molecule has 1 atom stereocenters. The normalized spacial score (nSPS) is 20.8. The van der Waals surface area contributed by atoms with E-state index in [0.717, 1.165) is 6.54 Å². The first kappa shape index (κ1) is 7.28. The number of rotatable bonds is 1. The Morgan fingerprint density at radius 1 is 1.75 bits per heavy atom. The highest BCUT2D eigenvalue weighted by Crippen LogP contribution is 2.19. The fourth-order valence-corrected chi connectivity index (χ4v) is 1.18. The maximum absolute atomic E-state index is 11.5. The first-order valence-electron chi connectivity index (χ1n) is 4.00. The number of nitrogens with zero attached hydrogens (tertiary/aromatic N) is 2. The molecular weight excluding hydrogens is 152 g/mol. The second-order valence-electron chi connectivity index (χ2n) is 3.05. The van der Waals surface area contributed by atoms with E-state index < -0.39 is 0 Å². The number of carbonyl (C=O) groups excluding carboxylic acids is 1. The van der Waals surface area contributed by atoms with Crippen molar-refractivity contribution >= 4 is 5.91 Å². The molecule has 0 bridgehead atoms. The van der Waals surface area contributed by atoms with E-state index in [4.69, 9.17) is 0 Å². The highest BCUT2D eigenvalue weighted by molar-refractivity contribution is 5.95. The zero-order valence-corrected chi connectivity index (χ0v) is 6.90. The van der Waals surface area contributed by atoms with Gasteiger partial charge in [0.15, 0.2) is 0 Å². The van der Waals surface area contributed by atoms with E-state index in [2.05, 4.69) is 4.98 Å². The number of hydrogen-bond acceptors (Lipinski definition) is 2. The summed E-state index contributed by atoms with van der Waals surface area (Å²) in [6.45, 7) is 2.92. The van der Waals surface area contributed by atoms with E-state index in [-0.39, 0.29) is 5.91 Å². The molecule has 1 aliphatic rings. The molecule has 1 amide bonds. The smallest absolute Gasteiger partial charge is 0.255 e. The van der Waals surface area contributed by atoms with Crippen molar-refractivity contribution in [3.63, 3.8) is 0 Å². The second-order valence-corrected chi connectivity index (χ2v) is 3.05. The Bertz CT molecular complexity index is 297. The van der Waals surface area contributed by atoms with Crippen molar-refractivity contribution in [2.24, 2.45) is 0 Å². The fourth-order valence-electron chi connectivity index (χ4n) is 1.18. The van der Waals surface area contributed by atoms with Crippen molar-refractivity contribution in [3.8, 4) is 0 Å². The van der Waals surface area contributed by atoms with Gasteiger partial charge in [-0.2, -0.15) is 0 Å². The molecule has 12 heavy (non-hydrogen) atoms. The molecule has 0 radical (unpaired) electrons. The van der Waals surface area contributed by atoms with Crippen LogP contribution in [0.5, 0.6) is 0 Å². The first-order valence-corrected chi connectivity index (χ1v) is 4.00. The van der Waals surface area contributed by atoms with E-state index in [1.54, 1.807) is 24.5 Å². The largest absolute Gasteiger partial charge is 0.332 e. The molecule has 3 nitrogen and oxygen atoms in total. The molecule has 1 unspecified atom stereocenters. The van der Waals surface area contributed by atoms with Crippen LogP contribution in [0.2, 0.25) is 0 Å². The Hall–Kier alpha value is -1.38. The molecule has 3 heteroatoms. The zero-order chi connectivity index (χ0) is 8.55. The minimum atomic E-state index is 0.0931. The molecule has 1 aliphatic heterocycles. The van der Waals surface area contributed by atoms with Crippen LogP contribution in [0.4, 0.5) is 0 Å². The highest BCUT2D eigenvalue weighted by Gasteiger charge is 2.34. The van der Waals surface area contributed by atoms with Crippen molar-refractivity contribution in [1.82, 2.24) is 9.88 Å². The molecule has 2 heterocycles. The molecule has 1 aromatic rings. The lowest BCUT2D eigenvalue weighted by Crippen LogP contribution is -2.12. The van der Waals surface area contributed by atoms with Gasteiger partial charge in [0.2, 0.25) is 0 Å². The van der Waals surface area contributed by atoms with Gasteiger partial charge in [0, 0.05) is 25.0 Å². The lowest BCUT2D eigenvalue weighted by atomic mass is 10.3. The van der Waals surface area contributed by atoms with Gasteiger partial charge < -0.3 is 4.90 Å². The maximum atomic E-state index is 11.5. The van der Waals surface area contributed by atoms with E-state index in [0.29, 0.717) is 11.6 Å². The Morgan fingerprint density at radius 2 is 2.50 bits per heavy atom. The van der Waals surface area contributed by atoms with Crippen LogP contribution in [0, 0.1) is 0 Å². The highest BCUT2D eigenvalue weighted by atomic mass is 16.2. The Kier molecular flexibility index (Phi) is 1.57. The zero-order valence-electron chi connectivity index (χ0n) is 6.90. The van der Waals surface area contributed by atoms with Gasteiger partial charge in [-0.15, -0.1) is 0 Å². The number of amides is 1. The van der Waals surface area contributed by atoms with Crippen LogP contribution in [-0.4, -0.2) is 28.4 Å². The van der Waals surface area contributed by atoms with Crippen LogP contribution in [-0.2, 0) is 0 Å². The van der Waals surface area contributed by atoms with E-state index in [1.165, 1.54) is 0 Å². The Morgan fingerprint density at radius 3 is 3.00 bits per heavy atom. The third-order valence-electron chi connectivity index (χ3n) is 2.03. The molecule has 0 spiro atoms. The number of carbonyl (C=O) groups is 1. The van der Waals surface area contributed by atoms with Crippen LogP contribution in [0.25, 0.3) is 0 Å². The van der Waals surface area contributed by atoms with Crippen LogP contribution >= 0.6 is 0 Å². The van der Waals surface area contributed by atoms with Crippen molar-refractivity contribution < 1.29 is 4.79 Å². The summed E-state index contributed by atoms with van der Waals surface area (Å²) in [5.74, 6) is 0.0931. The third kappa shape index (κ3) is 1.18. The van der Waals surface area contributed by atoms with Gasteiger partial charge in [-0.05, 0) is 19.1 Å². The van der Waals surface area contributed by atoms with E-state index in [1.807, 2.05) is 11.8 Å². The van der Waals surface area contributed by atoms with Gasteiger partial charge in [-0.1, -0.05) is 0 Å². The van der Waals surface area contributed by atoms with Gasteiger partial charge in [-0.3, -0.25) is 9.78 Å².